The summed E-state index contributed by atoms with van der Waals surface area (Å²) in [6.45, 7) is 1.76. The Bertz CT molecular complexity index is 810. The molecule has 1 atom stereocenters. The third-order valence-electron chi connectivity index (χ3n) is 4.25. The molecule has 3 amide bonds. The number of nitrogens with one attached hydrogen (secondary N) is 2. The minimum atomic E-state index is -3.76. The van der Waals surface area contributed by atoms with E-state index in [9.17, 15) is 22.4 Å². The number of nitrogens with zero attached hydrogens (tertiary/aromatic N) is 3. The van der Waals surface area contributed by atoms with E-state index in [1.807, 2.05) is 5.32 Å². The number of ether oxygens (including phenoxy) is 1. The van der Waals surface area contributed by atoms with Gasteiger partial charge in [-0.15, -0.1) is 0 Å². The normalized spacial score (nSPS) is 25.0. The number of carbonyl (C=O) groups is 2. The second kappa shape index (κ2) is 6.76. The van der Waals surface area contributed by atoms with Gasteiger partial charge in [0.15, 0.2) is 5.82 Å². The number of piperidine rings is 1. The van der Waals surface area contributed by atoms with Gasteiger partial charge in [-0.2, -0.15) is 0 Å². The maximum atomic E-state index is 12.8. The standard InChI is InChI=1S/C14H18FN5O5S/c1-14(11(21)18-12(22)19-14)8-26(23,24)20-4-2-10(3-5-20)25-13-16-6-9(15)7-17-13/h6-7,10H,2-5,8H2,1H3,(H2,18,19,21,22)/t14-/m1/s1. The summed E-state index contributed by atoms with van der Waals surface area (Å²) in [6.07, 6.45) is 2.48. The van der Waals surface area contributed by atoms with E-state index < -0.39 is 39.1 Å². The van der Waals surface area contributed by atoms with Crippen molar-refractivity contribution in [3.63, 3.8) is 0 Å². The highest BCUT2D eigenvalue weighted by Crippen LogP contribution is 2.21. The molecule has 12 heteroatoms. The summed E-state index contributed by atoms with van der Waals surface area (Å²) in [7, 11) is -3.76. The SMILES string of the molecule is C[C@]1(CS(=O)(=O)N2CCC(Oc3ncc(F)cn3)CC2)NC(=O)NC1=O. The van der Waals surface area contributed by atoms with Crippen LogP contribution in [0.1, 0.15) is 19.8 Å². The summed E-state index contributed by atoms with van der Waals surface area (Å²) < 4.78 is 44.8. The molecule has 0 unspecified atom stereocenters. The Kier molecular flexibility index (Phi) is 4.80. The lowest BCUT2D eigenvalue weighted by atomic mass is 10.1. The van der Waals surface area contributed by atoms with Crippen LogP contribution in [0.25, 0.3) is 0 Å². The highest BCUT2D eigenvalue weighted by Gasteiger charge is 2.46. The number of rotatable bonds is 5. The highest BCUT2D eigenvalue weighted by atomic mass is 32.2. The van der Waals surface area contributed by atoms with Gasteiger partial charge in [-0.05, 0) is 19.8 Å². The van der Waals surface area contributed by atoms with Crippen molar-refractivity contribution in [2.75, 3.05) is 18.8 Å². The first-order chi connectivity index (χ1) is 12.2. The Morgan fingerprint density at radius 1 is 1.31 bits per heavy atom. The van der Waals surface area contributed by atoms with Crippen LogP contribution in [0.5, 0.6) is 6.01 Å². The summed E-state index contributed by atoms with van der Waals surface area (Å²) >= 11 is 0. The van der Waals surface area contributed by atoms with Crippen LogP contribution in [0.3, 0.4) is 0 Å². The molecule has 3 rings (SSSR count). The Morgan fingerprint density at radius 3 is 2.46 bits per heavy atom. The molecule has 2 aliphatic rings. The van der Waals surface area contributed by atoms with Crippen LogP contribution in [0, 0.1) is 5.82 Å². The topological polar surface area (TPSA) is 131 Å². The molecule has 0 saturated carbocycles. The van der Waals surface area contributed by atoms with E-state index in [0.29, 0.717) is 12.8 Å². The summed E-state index contributed by atoms with van der Waals surface area (Å²) in [6, 6.07) is -0.676. The minimum absolute atomic E-state index is 0.0329. The molecule has 0 spiro atoms. The van der Waals surface area contributed by atoms with Gasteiger partial charge >= 0.3 is 12.0 Å². The number of urea groups is 1. The van der Waals surface area contributed by atoms with Crippen molar-refractivity contribution < 1.29 is 27.1 Å². The highest BCUT2D eigenvalue weighted by molar-refractivity contribution is 7.89. The van der Waals surface area contributed by atoms with Crippen molar-refractivity contribution in [2.45, 2.75) is 31.4 Å². The summed E-state index contributed by atoms with van der Waals surface area (Å²) in [5.41, 5.74) is -1.49. The van der Waals surface area contributed by atoms with Crippen molar-refractivity contribution in [3.8, 4) is 6.01 Å². The van der Waals surface area contributed by atoms with Crippen molar-refractivity contribution in [2.24, 2.45) is 0 Å². The van der Waals surface area contributed by atoms with Crippen LogP contribution < -0.4 is 15.4 Å². The predicted molar refractivity (Wildman–Crippen MR) is 86.1 cm³/mol. The minimum Gasteiger partial charge on any atom is -0.460 e. The Morgan fingerprint density at radius 2 is 1.92 bits per heavy atom. The molecule has 0 aromatic carbocycles. The molecule has 142 valence electrons. The molecular formula is C14H18FN5O5S. The van der Waals surface area contributed by atoms with Gasteiger partial charge in [-0.25, -0.2) is 31.9 Å². The molecule has 0 aliphatic carbocycles. The zero-order valence-electron chi connectivity index (χ0n) is 13.9. The van der Waals surface area contributed by atoms with E-state index in [0.717, 1.165) is 12.4 Å². The number of imide groups is 1. The molecular weight excluding hydrogens is 369 g/mol. The van der Waals surface area contributed by atoms with Crippen molar-refractivity contribution >= 4 is 22.0 Å². The first-order valence-corrected chi connectivity index (χ1v) is 9.54. The molecule has 2 fully saturated rings. The number of amides is 3. The van der Waals surface area contributed by atoms with E-state index >= 15 is 0 Å². The summed E-state index contributed by atoms with van der Waals surface area (Å²) in [4.78, 5) is 30.5. The Hall–Kier alpha value is -2.34. The molecule has 3 heterocycles. The maximum Gasteiger partial charge on any atom is 0.322 e. The van der Waals surface area contributed by atoms with Crippen LogP contribution in [-0.4, -0.2) is 65.1 Å². The van der Waals surface area contributed by atoms with Crippen LogP contribution in [0.15, 0.2) is 12.4 Å². The van der Waals surface area contributed by atoms with E-state index in [1.165, 1.54) is 11.2 Å². The Balaban J connectivity index is 1.57. The summed E-state index contributed by atoms with van der Waals surface area (Å²) in [5.74, 6) is -1.77. The molecule has 2 N–H and O–H groups in total. The lowest BCUT2D eigenvalue weighted by Gasteiger charge is -2.32. The number of halogens is 1. The monoisotopic (exact) mass is 387 g/mol. The fraction of sp³-hybridized carbons (Fsp3) is 0.571. The van der Waals surface area contributed by atoms with Gasteiger partial charge in [-0.3, -0.25) is 10.1 Å². The van der Waals surface area contributed by atoms with Gasteiger partial charge in [0.05, 0.1) is 18.1 Å². The average Bonchev–Trinajstić information content (AvgIpc) is 2.81. The van der Waals surface area contributed by atoms with Crippen LogP contribution in [0.2, 0.25) is 0 Å². The fourth-order valence-electron chi connectivity index (χ4n) is 2.88. The smallest absolute Gasteiger partial charge is 0.322 e. The molecule has 2 aliphatic heterocycles. The van der Waals surface area contributed by atoms with Crippen molar-refractivity contribution in [1.82, 2.24) is 24.9 Å². The number of aromatic nitrogens is 2. The number of carbonyl (C=O) groups excluding carboxylic acids is 2. The van der Waals surface area contributed by atoms with Crippen LogP contribution in [0.4, 0.5) is 9.18 Å². The zero-order chi connectivity index (χ0) is 18.9. The molecule has 26 heavy (non-hydrogen) atoms. The number of hydrogen-bond donors (Lipinski definition) is 2. The number of sulfonamides is 1. The second-order valence-electron chi connectivity index (χ2n) is 6.40. The molecule has 2 saturated heterocycles. The van der Waals surface area contributed by atoms with Gasteiger partial charge in [-0.1, -0.05) is 0 Å². The Labute approximate surface area is 149 Å². The molecule has 1 aromatic heterocycles. The van der Waals surface area contributed by atoms with E-state index in [-0.39, 0.29) is 25.2 Å². The van der Waals surface area contributed by atoms with E-state index in [2.05, 4.69) is 15.3 Å². The van der Waals surface area contributed by atoms with Crippen molar-refractivity contribution in [3.05, 3.63) is 18.2 Å². The number of hydrogen-bond acceptors (Lipinski definition) is 7. The van der Waals surface area contributed by atoms with Gasteiger partial charge in [0, 0.05) is 13.1 Å². The first kappa shape index (κ1) is 18.5. The summed E-state index contributed by atoms with van der Waals surface area (Å²) in [5, 5.41) is 4.38. The average molecular weight is 387 g/mol. The fourth-order valence-corrected chi connectivity index (χ4v) is 4.76. The van der Waals surface area contributed by atoms with Gasteiger partial charge in [0.2, 0.25) is 10.0 Å². The van der Waals surface area contributed by atoms with Gasteiger partial charge < -0.3 is 10.1 Å². The first-order valence-electron chi connectivity index (χ1n) is 7.94. The quantitative estimate of drug-likeness (QED) is 0.644. The van der Waals surface area contributed by atoms with Crippen molar-refractivity contribution in [1.29, 1.82) is 0 Å². The van der Waals surface area contributed by atoms with E-state index in [1.54, 1.807) is 0 Å². The molecule has 1 aromatic rings. The van der Waals surface area contributed by atoms with Crippen LogP contribution in [-0.2, 0) is 14.8 Å². The second-order valence-corrected chi connectivity index (χ2v) is 8.37. The third-order valence-corrected chi connectivity index (χ3v) is 6.35. The third kappa shape index (κ3) is 3.90. The molecule has 10 nitrogen and oxygen atoms in total. The van der Waals surface area contributed by atoms with Crippen LogP contribution >= 0.6 is 0 Å². The lowest BCUT2D eigenvalue weighted by Crippen LogP contribution is -2.53. The predicted octanol–water partition coefficient (Wildman–Crippen LogP) is -0.613. The van der Waals surface area contributed by atoms with Gasteiger partial charge in [0.1, 0.15) is 11.6 Å². The largest absolute Gasteiger partial charge is 0.460 e. The van der Waals surface area contributed by atoms with E-state index in [4.69, 9.17) is 4.74 Å². The zero-order valence-corrected chi connectivity index (χ0v) is 14.8. The molecule has 0 bridgehead atoms. The lowest BCUT2D eigenvalue weighted by molar-refractivity contribution is -0.122. The van der Waals surface area contributed by atoms with Gasteiger partial charge in [0.25, 0.3) is 5.91 Å². The maximum absolute atomic E-state index is 12.8. The molecule has 0 radical (unpaired) electrons.